The van der Waals surface area contributed by atoms with Crippen molar-refractivity contribution in [1.82, 2.24) is 4.90 Å². The molecule has 7 nitrogen and oxygen atoms in total. The number of amides is 1. The molecule has 2 saturated heterocycles. The van der Waals surface area contributed by atoms with Gasteiger partial charge in [-0.2, -0.15) is 0 Å². The highest BCUT2D eigenvalue weighted by Crippen LogP contribution is 2.31. The molecule has 2 aliphatic rings. The van der Waals surface area contributed by atoms with Crippen molar-refractivity contribution in [2.75, 3.05) is 44.8 Å². The summed E-state index contributed by atoms with van der Waals surface area (Å²) in [7, 11) is 0. The van der Waals surface area contributed by atoms with Crippen molar-refractivity contribution in [3.63, 3.8) is 0 Å². The number of anilines is 1. The van der Waals surface area contributed by atoms with Crippen molar-refractivity contribution in [2.45, 2.75) is 25.6 Å². The van der Waals surface area contributed by atoms with Gasteiger partial charge in [0.15, 0.2) is 5.79 Å². The quantitative estimate of drug-likeness (QED) is 0.815. The first-order chi connectivity index (χ1) is 12.1. The maximum Gasteiger partial charge on any atom is 0.340 e. The lowest BCUT2D eigenvalue weighted by molar-refractivity contribution is -0.185. The molecule has 1 spiro atoms. The van der Waals surface area contributed by atoms with Gasteiger partial charge in [0.1, 0.15) is 0 Å². The summed E-state index contributed by atoms with van der Waals surface area (Å²) >= 11 is 0. The third-order valence-corrected chi connectivity index (χ3v) is 4.50. The number of hydrogen-bond acceptors (Lipinski definition) is 6. The number of para-hydroxylation sites is 1. The zero-order valence-electron chi connectivity index (χ0n) is 14.5. The monoisotopic (exact) mass is 348 g/mol. The van der Waals surface area contributed by atoms with Gasteiger partial charge < -0.3 is 19.5 Å². The van der Waals surface area contributed by atoms with Crippen LogP contribution in [-0.4, -0.2) is 62.0 Å². The van der Waals surface area contributed by atoms with Crippen molar-refractivity contribution in [3.8, 4) is 0 Å². The smallest absolute Gasteiger partial charge is 0.340 e. The van der Waals surface area contributed by atoms with Crippen molar-refractivity contribution >= 4 is 17.6 Å². The van der Waals surface area contributed by atoms with Crippen LogP contribution < -0.4 is 5.32 Å². The Morgan fingerprint density at radius 2 is 1.88 bits per heavy atom. The van der Waals surface area contributed by atoms with Crippen LogP contribution in [-0.2, 0) is 19.0 Å². The summed E-state index contributed by atoms with van der Waals surface area (Å²) in [4.78, 5) is 26.4. The second-order valence-electron chi connectivity index (χ2n) is 6.20. The zero-order valence-corrected chi connectivity index (χ0v) is 14.5. The minimum Gasteiger partial charge on any atom is -0.462 e. The Kier molecular flexibility index (Phi) is 5.67. The number of rotatable bonds is 5. The standard InChI is InChI=1S/C18H24N2O5/c1-2-23-17(22)14-5-3-4-6-15(14)19-16(21)13-20-9-7-18(8-10-20)24-11-12-25-18/h3-6H,2,7-13H2,1H3,(H,19,21). The topological polar surface area (TPSA) is 77.1 Å². The average Bonchev–Trinajstić information content (AvgIpc) is 3.06. The minimum atomic E-state index is -0.441. The van der Waals surface area contributed by atoms with Crippen LogP contribution in [0.1, 0.15) is 30.1 Å². The summed E-state index contributed by atoms with van der Waals surface area (Å²) < 4.78 is 16.4. The first-order valence-electron chi connectivity index (χ1n) is 8.68. The molecule has 0 radical (unpaired) electrons. The van der Waals surface area contributed by atoms with Crippen LogP contribution in [0.25, 0.3) is 0 Å². The Morgan fingerprint density at radius 3 is 2.56 bits per heavy atom. The molecule has 0 aromatic heterocycles. The number of nitrogens with one attached hydrogen (secondary N) is 1. The summed E-state index contributed by atoms with van der Waals surface area (Å²) in [6.45, 7) is 5.09. The average molecular weight is 348 g/mol. The van der Waals surface area contributed by atoms with Gasteiger partial charge in [-0.1, -0.05) is 12.1 Å². The summed E-state index contributed by atoms with van der Waals surface area (Å²) in [5, 5.41) is 2.81. The molecule has 2 fully saturated rings. The first-order valence-corrected chi connectivity index (χ1v) is 8.68. The number of nitrogens with zero attached hydrogens (tertiary/aromatic N) is 1. The molecule has 3 rings (SSSR count). The van der Waals surface area contributed by atoms with E-state index in [9.17, 15) is 9.59 Å². The molecule has 0 saturated carbocycles. The summed E-state index contributed by atoms with van der Waals surface area (Å²) in [6, 6.07) is 6.87. The second kappa shape index (κ2) is 7.95. The largest absolute Gasteiger partial charge is 0.462 e. The fourth-order valence-corrected chi connectivity index (χ4v) is 3.21. The van der Waals surface area contributed by atoms with E-state index in [2.05, 4.69) is 10.2 Å². The Morgan fingerprint density at radius 1 is 1.20 bits per heavy atom. The van der Waals surface area contributed by atoms with Crippen LogP contribution >= 0.6 is 0 Å². The number of ether oxygens (including phenoxy) is 3. The van der Waals surface area contributed by atoms with E-state index in [-0.39, 0.29) is 12.5 Å². The highest BCUT2D eigenvalue weighted by atomic mass is 16.7. The van der Waals surface area contributed by atoms with Gasteiger partial charge in [-0.3, -0.25) is 9.69 Å². The van der Waals surface area contributed by atoms with Gasteiger partial charge in [0, 0.05) is 25.9 Å². The highest BCUT2D eigenvalue weighted by Gasteiger charge is 2.39. The predicted molar refractivity (Wildman–Crippen MR) is 91.3 cm³/mol. The molecule has 2 heterocycles. The molecule has 0 aliphatic carbocycles. The zero-order chi connectivity index (χ0) is 17.7. The Labute approximate surface area is 147 Å². The number of hydrogen-bond donors (Lipinski definition) is 1. The van der Waals surface area contributed by atoms with E-state index in [4.69, 9.17) is 14.2 Å². The van der Waals surface area contributed by atoms with Gasteiger partial charge >= 0.3 is 5.97 Å². The van der Waals surface area contributed by atoms with E-state index in [1.807, 2.05) is 0 Å². The number of esters is 1. The number of benzene rings is 1. The maximum atomic E-state index is 12.4. The van der Waals surface area contributed by atoms with Gasteiger partial charge in [-0.05, 0) is 19.1 Å². The fourth-order valence-electron chi connectivity index (χ4n) is 3.21. The number of carbonyl (C=O) groups excluding carboxylic acids is 2. The molecule has 0 bridgehead atoms. The number of piperidine rings is 1. The third kappa shape index (κ3) is 4.36. The maximum absolute atomic E-state index is 12.4. The molecular weight excluding hydrogens is 324 g/mol. The molecule has 0 atom stereocenters. The van der Waals surface area contributed by atoms with Crippen LogP contribution in [0, 0.1) is 0 Å². The predicted octanol–water partition coefficient (Wildman–Crippen LogP) is 1.64. The molecule has 1 amide bonds. The lowest BCUT2D eigenvalue weighted by Crippen LogP contribution is -2.47. The van der Waals surface area contributed by atoms with Gasteiger partial charge in [0.05, 0.1) is 37.6 Å². The molecular formula is C18H24N2O5. The van der Waals surface area contributed by atoms with E-state index >= 15 is 0 Å². The normalized spacial score (nSPS) is 19.7. The lowest BCUT2D eigenvalue weighted by atomic mass is 10.0. The third-order valence-electron chi connectivity index (χ3n) is 4.50. The van der Waals surface area contributed by atoms with Gasteiger partial charge in [-0.15, -0.1) is 0 Å². The highest BCUT2D eigenvalue weighted by molar-refractivity contribution is 6.01. The summed E-state index contributed by atoms with van der Waals surface area (Å²) in [6.07, 6.45) is 1.53. The molecule has 1 aromatic rings. The van der Waals surface area contributed by atoms with Crippen LogP contribution in [0.5, 0.6) is 0 Å². The molecule has 0 unspecified atom stereocenters. The van der Waals surface area contributed by atoms with Crippen molar-refractivity contribution in [1.29, 1.82) is 0 Å². The van der Waals surface area contributed by atoms with E-state index in [1.165, 1.54) is 0 Å². The number of likely N-dealkylation sites (tertiary alicyclic amines) is 1. The van der Waals surface area contributed by atoms with E-state index < -0.39 is 11.8 Å². The Hall–Kier alpha value is -1.96. The number of carbonyl (C=O) groups is 2. The van der Waals surface area contributed by atoms with Crippen molar-refractivity contribution in [2.24, 2.45) is 0 Å². The van der Waals surface area contributed by atoms with Crippen LogP contribution in [0.3, 0.4) is 0 Å². The van der Waals surface area contributed by atoms with E-state index in [0.717, 1.165) is 25.9 Å². The summed E-state index contributed by atoms with van der Waals surface area (Å²) in [5.41, 5.74) is 0.838. The van der Waals surface area contributed by atoms with Crippen LogP contribution in [0.15, 0.2) is 24.3 Å². The molecule has 7 heteroatoms. The Balaban J connectivity index is 1.54. The van der Waals surface area contributed by atoms with Crippen LogP contribution in [0.4, 0.5) is 5.69 Å². The minimum absolute atomic E-state index is 0.152. The molecule has 1 aromatic carbocycles. The lowest BCUT2D eigenvalue weighted by Gasteiger charge is -2.37. The first kappa shape index (κ1) is 17.8. The molecule has 136 valence electrons. The van der Waals surface area contributed by atoms with Gasteiger partial charge in [-0.25, -0.2) is 4.79 Å². The van der Waals surface area contributed by atoms with E-state index in [0.29, 0.717) is 31.1 Å². The SMILES string of the molecule is CCOC(=O)c1ccccc1NC(=O)CN1CCC2(CC1)OCCO2. The fraction of sp³-hybridized carbons (Fsp3) is 0.556. The molecule has 2 aliphatic heterocycles. The molecule has 1 N–H and O–H groups in total. The Bertz CT molecular complexity index is 618. The van der Waals surface area contributed by atoms with Gasteiger partial charge in [0.25, 0.3) is 0 Å². The van der Waals surface area contributed by atoms with Crippen LogP contribution in [0.2, 0.25) is 0 Å². The molecule has 25 heavy (non-hydrogen) atoms. The summed E-state index contributed by atoms with van der Waals surface area (Å²) in [5.74, 6) is -1.03. The van der Waals surface area contributed by atoms with E-state index in [1.54, 1.807) is 31.2 Å². The van der Waals surface area contributed by atoms with Crippen molar-refractivity contribution in [3.05, 3.63) is 29.8 Å². The van der Waals surface area contributed by atoms with Crippen molar-refractivity contribution < 1.29 is 23.8 Å². The second-order valence-corrected chi connectivity index (χ2v) is 6.20. The van der Waals surface area contributed by atoms with Gasteiger partial charge in [0.2, 0.25) is 5.91 Å².